The molecule has 0 aliphatic heterocycles. The lowest BCUT2D eigenvalue weighted by Crippen LogP contribution is -2.53. The van der Waals surface area contributed by atoms with Crippen LogP contribution in [0, 0.1) is 3.57 Å². The minimum absolute atomic E-state index is 0.0476. The fourth-order valence-corrected chi connectivity index (χ4v) is 5.16. The molecule has 192 valence electrons. The van der Waals surface area contributed by atoms with Crippen molar-refractivity contribution < 1.29 is 18.0 Å². The number of rotatable bonds is 11. The largest absolute Gasteiger partial charge is 0.352 e. The third-order valence-corrected chi connectivity index (χ3v) is 8.14. The van der Waals surface area contributed by atoms with Crippen molar-refractivity contribution >= 4 is 73.3 Å². The Bertz CT molecular complexity index is 1130. The van der Waals surface area contributed by atoms with Crippen LogP contribution in [-0.4, -0.2) is 50.0 Å². The van der Waals surface area contributed by atoms with Gasteiger partial charge in [0.15, 0.2) is 0 Å². The van der Waals surface area contributed by atoms with Crippen LogP contribution in [0.3, 0.4) is 0 Å². The fourth-order valence-electron chi connectivity index (χ4n) is 3.44. The predicted octanol–water partition coefficient (Wildman–Crippen LogP) is 5.09. The number of carbonyl (C=O) groups excluding carboxylic acids is 2. The molecule has 0 unspecified atom stereocenters. The van der Waals surface area contributed by atoms with E-state index < -0.39 is 28.5 Å². The van der Waals surface area contributed by atoms with Gasteiger partial charge in [0.05, 0.1) is 11.9 Å². The van der Waals surface area contributed by atoms with Crippen LogP contribution >= 0.6 is 45.8 Å². The first-order valence-electron chi connectivity index (χ1n) is 11.1. The topological polar surface area (TPSA) is 86.8 Å². The Morgan fingerprint density at radius 2 is 1.60 bits per heavy atom. The fraction of sp³-hybridized carbons (Fsp3) is 0.417. The lowest BCUT2D eigenvalue weighted by molar-refractivity contribution is -0.140. The number of halogens is 3. The quantitative estimate of drug-likeness (QED) is 0.343. The smallest absolute Gasteiger partial charge is 0.244 e. The van der Waals surface area contributed by atoms with Crippen LogP contribution in [0.2, 0.25) is 10.0 Å². The van der Waals surface area contributed by atoms with Gasteiger partial charge in [-0.25, -0.2) is 8.42 Å². The first-order valence-corrected chi connectivity index (χ1v) is 14.8. The molecule has 0 radical (unpaired) electrons. The highest BCUT2D eigenvalue weighted by molar-refractivity contribution is 14.1. The molecule has 0 saturated carbocycles. The molecule has 2 rings (SSSR count). The highest BCUT2D eigenvalue weighted by Gasteiger charge is 2.32. The van der Waals surface area contributed by atoms with Crippen LogP contribution in [0.25, 0.3) is 0 Å². The van der Waals surface area contributed by atoms with E-state index in [0.717, 1.165) is 20.6 Å². The highest BCUT2D eigenvalue weighted by atomic mass is 127. The maximum Gasteiger partial charge on any atom is 0.244 e. The highest BCUT2D eigenvalue weighted by Crippen LogP contribution is 2.28. The van der Waals surface area contributed by atoms with Crippen molar-refractivity contribution in [3.05, 3.63) is 61.6 Å². The molecule has 0 bridgehead atoms. The number of anilines is 1. The zero-order chi connectivity index (χ0) is 26.3. The summed E-state index contributed by atoms with van der Waals surface area (Å²) in [5.41, 5.74) is 0.841. The van der Waals surface area contributed by atoms with E-state index in [1.807, 2.05) is 13.8 Å². The third kappa shape index (κ3) is 8.23. The average molecular weight is 654 g/mol. The second-order valence-corrected chi connectivity index (χ2v) is 12.2. The second-order valence-electron chi connectivity index (χ2n) is 8.21. The lowest BCUT2D eigenvalue weighted by atomic mass is 10.1. The molecule has 0 aliphatic carbocycles. The van der Waals surface area contributed by atoms with E-state index in [-0.39, 0.29) is 18.5 Å². The first kappa shape index (κ1) is 29.7. The monoisotopic (exact) mass is 653 g/mol. The molecular formula is C24H30Cl2IN3O4S. The molecule has 7 nitrogen and oxygen atoms in total. The summed E-state index contributed by atoms with van der Waals surface area (Å²) >= 11 is 14.9. The van der Waals surface area contributed by atoms with Crippen LogP contribution in [0.5, 0.6) is 0 Å². The molecule has 0 heterocycles. The number of nitrogens with one attached hydrogen (secondary N) is 1. The molecule has 11 heteroatoms. The standard InChI is InChI=1S/C24H30Cl2IN3O4S/c1-5-16(3)28-24(32)22(6-2)29(14-19-20(25)8-7-9-21(19)26)23(31)15-30(35(4,33)34)18-12-10-17(27)11-13-18/h7-13,16,22H,5-6,14-15H2,1-4H3,(H,28,32)/t16-,22+/m1/s1. The summed E-state index contributed by atoms with van der Waals surface area (Å²) in [6, 6.07) is 10.9. The van der Waals surface area contributed by atoms with Gasteiger partial charge >= 0.3 is 0 Å². The Hall–Kier alpha value is -1.56. The van der Waals surface area contributed by atoms with E-state index >= 15 is 0 Å². The Morgan fingerprint density at radius 1 is 1.03 bits per heavy atom. The summed E-state index contributed by atoms with van der Waals surface area (Å²) in [7, 11) is -3.79. The first-order chi connectivity index (χ1) is 16.4. The van der Waals surface area contributed by atoms with Crippen molar-refractivity contribution in [2.45, 2.75) is 52.2 Å². The number of hydrogen-bond donors (Lipinski definition) is 1. The SMILES string of the molecule is CC[C@@H](C)NC(=O)[C@H](CC)N(Cc1c(Cl)cccc1Cl)C(=O)CN(c1ccc(I)cc1)S(C)(=O)=O. The van der Waals surface area contributed by atoms with Gasteiger partial charge in [-0.05, 0) is 78.8 Å². The summed E-state index contributed by atoms with van der Waals surface area (Å²) in [5.74, 6) is -0.866. The summed E-state index contributed by atoms with van der Waals surface area (Å²) < 4.78 is 27.2. The molecule has 0 aromatic heterocycles. The summed E-state index contributed by atoms with van der Waals surface area (Å²) in [6.07, 6.45) is 2.08. The van der Waals surface area contributed by atoms with E-state index in [1.54, 1.807) is 49.4 Å². The van der Waals surface area contributed by atoms with Crippen molar-refractivity contribution in [3.63, 3.8) is 0 Å². The van der Waals surface area contributed by atoms with Crippen LogP contribution in [0.15, 0.2) is 42.5 Å². The summed E-state index contributed by atoms with van der Waals surface area (Å²) in [5, 5.41) is 3.62. The van der Waals surface area contributed by atoms with Gasteiger partial charge in [-0.1, -0.05) is 43.1 Å². The Balaban J connectivity index is 2.49. The molecule has 1 N–H and O–H groups in total. The molecule has 2 amide bonds. The van der Waals surface area contributed by atoms with E-state index in [9.17, 15) is 18.0 Å². The van der Waals surface area contributed by atoms with Gasteiger partial charge in [-0.3, -0.25) is 13.9 Å². The molecule has 2 atom stereocenters. The number of carbonyl (C=O) groups is 2. The molecule has 2 aromatic rings. The molecule has 35 heavy (non-hydrogen) atoms. The van der Waals surface area contributed by atoms with Gasteiger partial charge in [0.25, 0.3) is 0 Å². The maximum atomic E-state index is 13.7. The molecule has 0 saturated heterocycles. The second kappa shape index (κ2) is 13.1. The number of nitrogens with zero attached hydrogens (tertiary/aromatic N) is 2. The predicted molar refractivity (Wildman–Crippen MR) is 150 cm³/mol. The number of benzene rings is 2. The van der Waals surface area contributed by atoms with Gasteiger partial charge in [-0.15, -0.1) is 0 Å². The van der Waals surface area contributed by atoms with E-state index in [1.165, 1.54) is 4.90 Å². The van der Waals surface area contributed by atoms with Crippen LogP contribution in [0.4, 0.5) is 5.69 Å². The van der Waals surface area contributed by atoms with Gasteiger partial charge in [0.1, 0.15) is 12.6 Å². The number of hydrogen-bond acceptors (Lipinski definition) is 4. The maximum absolute atomic E-state index is 13.7. The van der Waals surface area contributed by atoms with Crippen molar-refractivity contribution in [1.82, 2.24) is 10.2 Å². The Labute approximate surface area is 231 Å². The minimum atomic E-state index is -3.79. The molecule has 0 spiro atoms. The van der Waals surface area contributed by atoms with Crippen molar-refractivity contribution in [2.75, 3.05) is 17.1 Å². The number of sulfonamides is 1. The van der Waals surface area contributed by atoms with Crippen LogP contribution < -0.4 is 9.62 Å². The zero-order valence-electron chi connectivity index (χ0n) is 20.1. The molecule has 0 aliphatic rings. The van der Waals surface area contributed by atoms with Gasteiger partial charge in [0.2, 0.25) is 21.8 Å². The van der Waals surface area contributed by atoms with Crippen LogP contribution in [0.1, 0.15) is 39.2 Å². The van der Waals surface area contributed by atoms with Crippen LogP contribution in [-0.2, 0) is 26.2 Å². The molecule has 0 fully saturated rings. The molecule has 2 aromatic carbocycles. The normalized spacial score (nSPS) is 13.1. The van der Waals surface area contributed by atoms with Gasteiger partial charge < -0.3 is 10.2 Å². The van der Waals surface area contributed by atoms with E-state index in [0.29, 0.717) is 27.7 Å². The van der Waals surface area contributed by atoms with Gasteiger partial charge in [-0.2, -0.15) is 0 Å². The molecular weight excluding hydrogens is 624 g/mol. The average Bonchev–Trinajstić information content (AvgIpc) is 2.78. The Morgan fingerprint density at radius 3 is 2.09 bits per heavy atom. The third-order valence-electron chi connectivity index (χ3n) is 5.57. The lowest BCUT2D eigenvalue weighted by Gasteiger charge is -2.33. The minimum Gasteiger partial charge on any atom is -0.352 e. The summed E-state index contributed by atoms with van der Waals surface area (Å²) in [4.78, 5) is 28.2. The number of amides is 2. The summed E-state index contributed by atoms with van der Waals surface area (Å²) in [6.45, 7) is 5.10. The van der Waals surface area contributed by atoms with Crippen molar-refractivity contribution in [2.24, 2.45) is 0 Å². The van der Waals surface area contributed by atoms with Gasteiger partial charge in [0, 0.05) is 31.8 Å². The van der Waals surface area contributed by atoms with E-state index in [4.69, 9.17) is 23.2 Å². The zero-order valence-corrected chi connectivity index (χ0v) is 24.6. The van der Waals surface area contributed by atoms with E-state index in [2.05, 4.69) is 27.9 Å². The van der Waals surface area contributed by atoms with Crippen molar-refractivity contribution in [3.8, 4) is 0 Å². The van der Waals surface area contributed by atoms with Crippen molar-refractivity contribution in [1.29, 1.82) is 0 Å². The Kier molecular flexibility index (Phi) is 11.1.